The molecular formula is C24H24N2O4. The number of carboxylic acid groups (broad SMARTS) is 1. The first-order valence-corrected chi connectivity index (χ1v) is 9.64. The van der Waals surface area contributed by atoms with E-state index in [0.29, 0.717) is 23.7 Å². The lowest BCUT2D eigenvalue weighted by Crippen LogP contribution is -2.22. The third kappa shape index (κ3) is 5.23. The highest BCUT2D eigenvalue weighted by Crippen LogP contribution is 2.17. The zero-order valence-corrected chi connectivity index (χ0v) is 17.2. The van der Waals surface area contributed by atoms with E-state index in [-0.39, 0.29) is 5.78 Å². The molecular weight excluding hydrogens is 380 g/mol. The quantitative estimate of drug-likeness (QED) is 0.566. The zero-order valence-electron chi connectivity index (χ0n) is 17.2. The molecule has 1 aromatic heterocycles. The Bertz CT molecular complexity index is 1080. The van der Waals surface area contributed by atoms with Crippen LogP contribution in [-0.2, 0) is 11.3 Å². The Labute approximate surface area is 175 Å². The first kappa shape index (κ1) is 21.0. The lowest BCUT2D eigenvalue weighted by Gasteiger charge is -2.10. The predicted molar refractivity (Wildman–Crippen MR) is 115 cm³/mol. The van der Waals surface area contributed by atoms with Crippen molar-refractivity contribution in [3.63, 3.8) is 0 Å². The molecule has 0 fully saturated rings. The predicted octanol–water partition coefficient (Wildman–Crippen LogP) is 4.30. The second-order valence-corrected chi connectivity index (χ2v) is 7.13. The summed E-state index contributed by atoms with van der Waals surface area (Å²) in [7, 11) is 0. The first-order valence-electron chi connectivity index (χ1n) is 9.64. The van der Waals surface area contributed by atoms with E-state index in [0.717, 1.165) is 16.8 Å². The topological polar surface area (TPSA) is 81.4 Å². The fourth-order valence-electron chi connectivity index (χ4n) is 2.95. The van der Waals surface area contributed by atoms with Gasteiger partial charge in [0.15, 0.2) is 11.9 Å². The summed E-state index contributed by atoms with van der Waals surface area (Å²) in [6, 6.07) is 14.6. The van der Waals surface area contributed by atoms with E-state index in [4.69, 9.17) is 9.84 Å². The van der Waals surface area contributed by atoms with Crippen LogP contribution in [0.2, 0.25) is 0 Å². The number of aliphatic carboxylic acids is 1. The maximum absolute atomic E-state index is 12.9. The van der Waals surface area contributed by atoms with Crippen molar-refractivity contribution < 1.29 is 19.4 Å². The number of carbonyl (C=O) groups excluding carboxylic acids is 1. The molecule has 0 unspecified atom stereocenters. The third-order valence-corrected chi connectivity index (χ3v) is 4.54. The molecule has 1 heterocycles. The molecule has 0 aliphatic heterocycles. The van der Waals surface area contributed by atoms with Gasteiger partial charge in [-0.05, 0) is 38.5 Å². The molecule has 0 saturated carbocycles. The second kappa shape index (κ2) is 9.22. The van der Waals surface area contributed by atoms with Crippen molar-refractivity contribution in [1.29, 1.82) is 0 Å². The van der Waals surface area contributed by atoms with Gasteiger partial charge >= 0.3 is 5.97 Å². The number of aryl methyl sites for hydroxylation is 2. The van der Waals surface area contributed by atoms with Gasteiger partial charge in [0, 0.05) is 18.3 Å². The summed E-state index contributed by atoms with van der Waals surface area (Å²) in [6.45, 7) is 5.80. The van der Waals surface area contributed by atoms with Crippen molar-refractivity contribution in [1.82, 2.24) is 9.55 Å². The molecule has 30 heavy (non-hydrogen) atoms. The summed E-state index contributed by atoms with van der Waals surface area (Å²) in [5.74, 6) is -0.249. The van der Waals surface area contributed by atoms with Crippen LogP contribution in [0.25, 0.3) is 6.08 Å². The number of ether oxygens (including phenoxy) is 1. The number of hydrogen-bond donors (Lipinski definition) is 1. The van der Waals surface area contributed by atoms with Crippen LogP contribution < -0.4 is 4.74 Å². The second-order valence-electron chi connectivity index (χ2n) is 7.13. The molecule has 3 aromatic rings. The number of benzene rings is 2. The molecule has 1 N–H and O–H groups in total. The van der Waals surface area contributed by atoms with E-state index >= 15 is 0 Å². The number of ketones is 1. The van der Waals surface area contributed by atoms with Gasteiger partial charge in [-0.1, -0.05) is 54.1 Å². The Balaban J connectivity index is 1.73. The summed E-state index contributed by atoms with van der Waals surface area (Å²) in [4.78, 5) is 28.2. The number of carboxylic acids is 1. The highest BCUT2D eigenvalue weighted by atomic mass is 16.5. The molecule has 154 valence electrons. The van der Waals surface area contributed by atoms with Gasteiger partial charge in [-0.3, -0.25) is 4.79 Å². The number of rotatable bonds is 8. The molecule has 0 radical (unpaired) electrons. The van der Waals surface area contributed by atoms with Gasteiger partial charge < -0.3 is 14.4 Å². The number of aromatic nitrogens is 2. The van der Waals surface area contributed by atoms with Crippen LogP contribution in [0.15, 0.2) is 60.8 Å². The lowest BCUT2D eigenvalue weighted by molar-refractivity contribution is -0.144. The molecule has 0 aliphatic rings. The van der Waals surface area contributed by atoms with Crippen LogP contribution in [0.4, 0.5) is 0 Å². The Kier molecular flexibility index (Phi) is 6.47. The zero-order chi connectivity index (χ0) is 21.7. The van der Waals surface area contributed by atoms with Gasteiger partial charge in [0.25, 0.3) is 0 Å². The van der Waals surface area contributed by atoms with Crippen molar-refractivity contribution in [2.24, 2.45) is 0 Å². The summed E-state index contributed by atoms with van der Waals surface area (Å²) < 4.78 is 7.22. The van der Waals surface area contributed by atoms with Crippen molar-refractivity contribution in [2.45, 2.75) is 33.4 Å². The monoisotopic (exact) mass is 404 g/mol. The van der Waals surface area contributed by atoms with Gasteiger partial charge in [-0.25, -0.2) is 9.78 Å². The number of carbonyl (C=O) groups is 2. The number of allylic oxidation sites excluding steroid dienone is 1. The average molecular weight is 404 g/mol. The van der Waals surface area contributed by atoms with Gasteiger partial charge in [-0.15, -0.1) is 0 Å². The van der Waals surface area contributed by atoms with Crippen molar-refractivity contribution in [3.05, 3.63) is 89.0 Å². The van der Waals surface area contributed by atoms with Crippen molar-refractivity contribution >= 4 is 17.8 Å². The third-order valence-electron chi connectivity index (χ3n) is 4.54. The fraction of sp³-hybridized carbons (Fsp3) is 0.208. The van der Waals surface area contributed by atoms with Gasteiger partial charge in [-0.2, -0.15) is 0 Å². The Morgan fingerprint density at radius 1 is 1.17 bits per heavy atom. The van der Waals surface area contributed by atoms with Gasteiger partial charge in [0.2, 0.25) is 5.78 Å². The van der Waals surface area contributed by atoms with Crippen LogP contribution in [0, 0.1) is 13.8 Å². The molecule has 0 spiro atoms. The van der Waals surface area contributed by atoms with E-state index in [1.807, 2.05) is 67.1 Å². The molecule has 0 bridgehead atoms. The van der Waals surface area contributed by atoms with Crippen LogP contribution in [0.5, 0.6) is 5.75 Å². The Hall–Kier alpha value is -3.67. The largest absolute Gasteiger partial charge is 0.479 e. The smallest absolute Gasteiger partial charge is 0.344 e. The highest BCUT2D eigenvalue weighted by molar-refractivity contribution is 6.06. The molecule has 0 aliphatic carbocycles. The van der Waals surface area contributed by atoms with Crippen molar-refractivity contribution in [2.75, 3.05) is 0 Å². The molecule has 2 aromatic carbocycles. The maximum Gasteiger partial charge on any atom is 0.344 e. The maximum atomic E-state index is 12.9. The van der Waals surface area contributed by atoms with Crippen LogP contribution >= 0.6 is 0 Å². The lowest BCUT2D eigenvalue weighted by atomic mass is 10.1. The van der Waals surface area contributed by atoms with E-state index in [1.54, 1.807) is 18.2 Å². The van der Waals surface area contributed by atoms with E-state index in [2.05, 4.69) is 4.98 Å². The molecule has 0 saturated heterocycles. The summed E-state index contributed by atoms with van der Waals surface area (Å²) in [5, 5.41) is 8.97. The Morgan fingerprint density at radius 3 is 2.60 bits per heavy atom. The number of hydrogen-bond acceptors (Lipinski definition) is 4. The minimum atomic E-state index is -1.02. The highest BCUT2D eigenvalue weighted by Gasteiger charge is 2.16. The standard InChI is InChI=1S/C24H24N2O4/c1-16-9-11-20(12-10-16)22(27)23-25-17(2)15-26(23)13-5-7-19-6-4-8-21(14-19)30-18(3)24(28)29/h4-12,14-15,18H,13H2,1-3H3,(H,28,29)/b7-5+/t18-/m0/s1. The summed E-state index contributed by atoms with van der Waals surface area (Å²) in [6.07, 6.45) is 4.74. The van der Waals surface area contributed by atoms with Crippen molar-refractivity contribution in [3.8, 4) is 5.75 Å². The summed E-state index contributed by atoms with van der Waals surface area (Å²) >= 11 is 0. The van der Waals surface area contributed by atoms with Crippen LogP contribution in [0.1, 0.15) is 39.9 Å². The molecule has 6 heteroatoms. The minimum absolute atomic E-state index is 0.116. The van der Waals surface area contributed by atoms with Gasteiger partial charge in [0.1, 0.15) is 5.75 Å². The fourth-order valence-corrected chi connectivity index (χ4v) is 2.95. The SMILES string of the molecule is Cc1ccc(C(=O)c2nc(C)cn2C/C=C/c2cccc(O[C@@H](C)C(=O)O)c2)cc1. The van der Waals surface area contributed by atoms with E-state index < -0.39 is 12.1 Å². The molecule has 1 atom stereocenters. The molecule has 3 rings (SSSR count). The number of nitrogens with zero attached hydrogens (tertiary/aromatic N) is 2. The minimum Gasteiger partial charge on any atom is -0.479 e. The first-order chi connectivity index (χ1) is 14.3. The van der Waals surface area contributed by atoms with E-state index in [9.17, 15) is 9.59 Å². The molecule has 6 nitrogen and oxygen atoms in total. The van der Waals surface area contributed by atoms with Crippen LogP contribution in [0.3, 0.4) is 0 Å². The Morgan fingerprint density at radius 2 is 1.90 bits per heavy atom. The summed E-state index contributed by atoms with van der Waals surface area (Å²) in [5.41, 5.74) is 3.34. The van der Waals surface area contributed by atoms with Crippen LogP contribution in [-0.4, -0.2) is 32.5 Å². The number of imidazole rings is 1. The average Bonchev–Trinajstić information content (AvgIpc) is 3.08. The van der Waals surface area contributed by atoms with Gasteiger partial charge in [0.05, 0.1) is 5.69 Å². The normalized spacial score (nSPS) is 12.1. The molecule has 0 amide bonds. The van der Waals surface area contributed by atoms with E-state index in [1.165, 1.54) is 6.92 Å².